The SMILES string of the molecule is [2H]c1c([2H])c([2H])c(-c2c([2H])c([2H])c([2H])c(-c3c([2H])c([2H])c(-n4c5c([2H])c([2H])c([2H])c([2H])c5c5c([2H])c(-c6c([2H])c([2H])c7c(c6[2H])c6c([2H])c([2H])c([2H])c([2H])c6n7-c6c([2H])c([2H])c([2H])c([2H])c6[2H])c([2H])c([2H])c54)c([2H])c3[2H])c2[2H])c([2H])c1[2H]. The Morgan fingerprint density at radius 1 is 0.260 bits per heavy atom. The lowest BCUT2D eigenvalue weighted by Gasteiger charge is -2.11. The molecule has 0 N–H and O–H groups in total. The van der Waals surface area contributed by atoms with Gasteiger partial charge in [-0.3, -0.25) is 0 Å². The first kappa shape index (κ1) is 10.9. The van der Waals surface area contributed by atoms with Crippen LogP contribution in [0.2, 0.25) is 0 Å². The van der Waals surface area contributed by atoms with Gasteiger partial charge >= 0.3 is 0 Å². The molecule has 2 heterocycles. The van der Waals surface area contributed by atoms with Crippen molar-refractivity contribution >= 4 is 43.6 Å². The van der Waals surface area contributed by atoms with Crippen molar-refractivity contribution in [1.82, 2.24) is 9.13 Å². The van der Waals surface area contributed by atoms with Crippen molar-refractivity contribution in [3.8, 4) is 44.8 Å². The van der Waals surface area contributed by atoms with Crippen molar-refractivity contribution in [1.29, 1.82) is 0 Å². The summed E-state index contributed by atoms with van der Waals surface area (Å²) in [7, 11) is 0. The fourth-order valence-electron chi connectivity index (χ4n) is 5.59. The van der Waals surface area contributed by atoms with E-state index in [2.05, 4.69) is 0 Å². The number of para-hydroxylation sites is 3. The molecule has 10 aromatic rings. The van der Waals surface area contributed by atoms with Crippen molar-refractivity contribution in [3.05, 3.63) is 193 Å². The molecule has 2 nitrogen and oxygen atoms in total. The average Bonchev–Trinajstić information content (AvgIpc) is 1.82. The smallest absolute Gasteiger partial charge is 0.0645 e. The van der Waals surface area contributed by atoms with E-state index in [4.69, 9.17) is 26.0 Å². The first-order valence-corrected chi connectivity index (χ1v) is 14.6. The van der Waals surface area contributed by atoms with Gasteiger partial charge in [0.25, 0.3) is 0 Å². The highest BCUT2D eigenvalue weighted by Crippen LogP contribution is 2.38. The Morgan fingerprint density at radius 2 is 0.640 bits per heavy atom. The molecule has 10 rings (SSSR count). The number of nitrogens with zero attached hydrogens (tertiary/aromatic N) is 2. The van der Waals surface area contributed by atoms with Gasteiger partial charge in [0.15, 0.2) is 0 Å². The molecule has 0 unspecified atom stereocenters. The van der Waals surface area contributed by atoms with Gasteiger partial charge in [0.05, 0.1) is 65.9 Å². The van der Waals surface area contributed by atoms with Crippen molar-refractivity contribution in [2.75, 3.05) is 0 Å². The number of hydrogen-bond donors (Lipinski definition) is 0. The summed E-state index contributed by atoms with van der Waals surface area (Å²) in [6, 6.07) is -31.2. The van der Waals surface area contributed by atoms with Crippen LogP contribution in [-0.2, 0) is 0 Å². The minimum atomic E-state index is -1.14. The Morgan fingerprint density at radius 3 is 1.20 bits per heavy atom. The highest BCUT2D eigenvalue weighted by Gasteiger charge is 2.16. The van der Waals surface area contributed by atoms with E-state index in [9.17, 15) is 17.8 Å². The largest absolute Gasteiger partial charge is 0.309 e. The van der Waals surface area contributed by atoms with Gasteiger partial charge in [0.1, 0.15) is 0 Å². The third-order valence-electron chi connectivity index (χ3n) is 7.74. The Labute approximate surface area is 335 Å². The molecule has 234 valence electrons. The van der Waals surface area contributed by atoms with Gasteiger partial charge in [-0.15, -0.1) is 0 Å². The van der Waals surface area contributed by atoms with Gasteiger partial charge in [-0.25, -0.2) is 0 Å². The Hall–Kier alpha value is -6.64. The molecule has 50 heavy (non-hydrogen) atoms. The van der Waals surface area contributed by atoms with E-state index in [0.717, 1.165) is 4.57 Å². The van der Waals surface area contributed by atoms with E-state index in [1.807, 2.05) is 0 Å². The maximum absolute atomic E-state index is 9.85. The standard InChI is InChI=1S/C48H32N2/c1-3-12-33(13-4-1)35-14-11-15-36(30-35)34-22-26-40(27-23-34)50-46-21-10-8-19-42(46)44-32-38(25-29-48(44)50)37-24-28-47-43(31-37)41-18-7-9-20-45(41)49(47)39-16-5-2-6-17-39/h1-32H/i1D,2D,3D,4D,5D,6D,7D,8D,9D,10D,11D,12D,13D,14D,15D,16D,17D,18D,19D,20D,21D,22D,23D,24D,25D,26D,27D,28D,29D,30D,31D,32D. The molecule has 2 heteroatoms. The van der Waals surface area contributed by atoms with E-state index in [-0.39, 0.29) is 0 Å². The summed E-state index contributed by atoms with van der Waals surface area (Å²) in [5.41, 5.74) is -9.48. The summed E-state index contributed by atoms with van der Waals surface area (Å²) >= 11 is 0. The Balaban J connectivity index is 1.35. The fourth-order valence-corrected chi connectivity index (χ4v) is 5.59. The number of benzene rings is 8. The van der Waals surface area contributed by atoms with Crippen LogP contribution in [0.15, 0.2) is 193 Å². The molecule has 0 saturated carbocycles. The van der Waals surface area contributed by atoms with Crippen LogP contribution in [0.25, 0.3) is 88.4 Å². The van der Waals surface area contributed by atoms with Crippen molar-refractivity contribution in [2.45, 2.75) is 0 Å². The van der Waals surface area contributed by atoms with E-state index < -0.39 is 282 Å². The van der Waals surface area contributed by atoms with Gasteiger partial charge in [-0.1, -0.05) is 127 Å². The highest BCUT2D eigenvalue weighted by molar-refractivity contribution is 6.12. The molecular weight excluding hydrogens is 605 g/mol. The molecule has 2 aromatic heterocycles. The predicted octanol–water partition coefficient (Wildman–Crippen LogP) is 12.9. The van der Waals surface area contributed by atoms with Crippen LogP contribution < -0.4 is 0 Å². The second-order valence-electron chi connectivity index (χ2n) is 10.5. The maximum Gasteiger partial charge on any atom is 0.0645 e. The molecule has 0 aliphatic carbocycles. The highest BCUT2D eigenvalue weighted by atomic mass is 15.0. The second-order valence-corrected chi connectivity index (χ2v) is 10.5. The third-order valence-corrected chi connectivity index (χ3v) is 7.74. The summed E-state index contributed by atoms with van der Waals surface area (Å²) in [5, 5.41) is -2.55. The summed E-state index contributed by atoms with van der Waals surface area (Å²) < 4.78 is 287. The molecule has 0 atom stereocenters. The average molecular weight is 669 g/mol. The molecular formula is C48H32N2. The van der Waals surface area contributed by atoms with Gasteiger partial charge < -0.3 is 9.13 Å². The topological polar surface area (TPSA) is 9.86 Å². The molecule has 8 aromatic carbocycles. The van der Waals surface area contributed by atoms with E-state index in [1.165, 1.54) is 0 Å². The summed E-state index contributed by atoms with van der Waals surface area (Å²) in [6.45, 7) is 0. The van der Waals surface area contributed by atoms with Gasteiger partial charge in [0, 0.05) is 32.9 Å². The normalized spacial score (nSPS) is 20.6. The summed E-state index contributed by atoms with van der Waals surface area (Å²) in [5.74, 6) is 0. The molecule has 0 amide bonds. The number of fused-ring (bicyclic) bond motifs is 6. The lowest BCUT2D eigenvalue weighted by molar-refractivity contribution is 1.18. The molecule has 0 bridgehead atoms. The monoisotopic (exact) mass is 668 g/mol. The Kier molecular flexibility index (Phi) is 2.52. The van der Waals surface area contributed by atoms with Crippen LogP contribution in [0.1, 0.15) is 43.9 Å². The fraction of sp³-hybridized carbons (Fsp3) is 0. The molecule has 0 aliphatic rings. The number of aromatic nitrogens is 2. The van der Waals surface area contributed by atoms with Crippen molar-refractivity contribution in [3.63, 3.8) is 0 Å². The Bertz CT molecular complexity index is 4620. The minimum Gasteiger partial charge on any atom is -0.309 e. The molecule has 0 saturated heterocycles. The van der Waals surface area contributed by atoms with Crippen LogP contribution in [0.4, 0.5) is 0 Å². The maximum atomic E-state index is 9.85. The lowest BCUT2D eigenvalue weighted by Crippen LogP contribution is -1.94. The van der Waals surface area contributed by atoms with Crippen LogP contribution in [0.5, 0.6) is 0 Å². The van der Waals surface area contributed by atoms with E-state index in [0.29, 0.717) is 4.57 Å². The zero-order chi connectivity index (χ0) is 60.9. The second kappa shape index (κ2) is 11.5. The molecule has 0 fully saturated rings. The quantitative estimate of drug-likeness (QED) is 0.173. The molecule has 0 aliphatic heterocycles. The minimum absolute atomic E-state index is 0.578. The lowest BCUT2D eigenvalue weighted by atomic mass is 9.99. The molecule has 0 spiro atoms. The van der Waals surface area contributed by atoms with Gasteiger partial charge in [0.2, 0.25) is 0 Å². The predicted molar refractivity (Wildman–Crippen MR) is 211 cm³/mol. The first-order valence-electron chi connectivity index (χ1n) is 30.6. The van der Waals surface area contributed by atoms with Crippen LogP contribution >= 0.6 is 0 Å². The van der Waals surface area contributed by atoms with Crippen LogP contribution in [-0.4, -0.2) is 9.13 Å². The zero-order valence-corrected chi connectivity index (χ0v) is 24.9. The number of rotatable bonds is 5. The zero-order valence-electron chi connectivity index (χ0n) is 56.9. The van der Waals surface area contributed by atoms with Gasteiger partial charge in [-0.2, -0.15) is 0 Å². The third kappa shape index (κ3) is 4.57. The summed E-state index contributed by atoms with van der Waals surface area (Å²) in [4.78, 5) is 0. The summed E-state index contributed by atoms with van der Waals surface area (Å²) in [6.07, 6.45) is 0. The van der Waals surface area contributed by atoms with E-state index >= 15 is 0 Å². The molecule has 0 radical (unpaired) electrons. The number of hydrogen-bond acceptors (Lipinski definition) is 0. The van der Waals surface area contributed by atoms with Crippen LogP contribution in [0, 0.1) is 0 Å². The first-order chi connectivity index (χ1) is 38.1. The van der Waals surface area contributed by atoms with Crippen LogP contribution in [0.3, 0.4) is 0 Å². The van der Waals surface area contributed by atoms with Crippen molar-refractivity contribution < 1.29 is 43.9 Å². The van der Waals surface area contributed by atoms with E-state index in [1.54, 1.807) is 0 Å². The van der Waals surface area contributed by atoms with Gasteiger partial charge in [-0.05, 0) is 99.8 Å². The van der Waals surface area contributed by atoms with Crippen molar-refractivity contribution in [2.24, 2.45) is 0 Å².